The predicted molar refractivity (Wildman–Crippen MR) is 77.7 cm³/mol. The molecule has 6 heteroatoms. The van der Waals surface area contributed by atoms with Crippen LogP contribution in [-0.4, -0.2) is 19.9 Å². The molecule has 0 amide bonds. The van der Waals surface area contributed by atoms with E-state index in [9.17, 15) is 4.79 Å². The molecular weight excluding hydrogens is 254 g/mol. The van der Waals surface area contributed by atoms with Gasteiger partial charge in [0.2, 0.25) is 0 Å². The zero-order valence-corrected chi connectivity index (χ0v) is 11.3. The molecule has 0 bridgehead atoms. The number of hydrogen-bond donors (Lipinski definition) is 3. The van der Waals surface area contributed by atoms with E-state index in [0.717, 1.165) is 28.1 Å². The number of benzene rings is 1. The normalized spacial score (nSPS) is 12.5. The number of aryl methyl sites for hydroxylation is 1. The quantitative estimate of drug-likeness (QED) is 0.679. The highest BCUT2D eigenvalue weighted by Gasteiger charge is 2.10. The number of nitrogens with one attached hydrogen (secondary N) is 3. The number of anilines is 1. The van der Waals surface area contributed by atoms with Gasteiger partial charge in [0.1, 0.15) is 0 Å². The maximum absolute atomic E-state index is 11.2. The summed E-state index contributed by atoms with van der Waals surface area (Å²) < 4.78 is 0. The van der Waals surface area contributed by atoms with E-state index in [2.05, 4.69) is 25.3 Å². The predicted octanol–water partition coefficient (Wildman–Crippen LogP) is 2.13. The Morgan fingerprint density at radius 3 is 2.70 bits per heavy atom. The Labute approximate surface area is 115 Å². The van der Waals surface area contributed by atoms with Crippen molar-refractivity contribution in [2.75, 3.05) is 5.32 Å². The van der Waals surface area contributed by atoms with Crippen molar-refractivity contribution in [1.29, 1.82) is 0 Å². The second-order valence-electron chi connectivity index (χ2n) is 4.73. The summed E-state index contributed by atoms with van der Waals surface area (Å²) in [6, 6.07) is 5.72. The van der Waals surface area contributed by atoms with Crippen LogP contribution in [0, 0.1) is 6.92 Å². The average molecular weight is 269 g/mol. The number of rotatable bonds is 3. The van der Waals surface area contributed by atoms with Gasteiger partial charge in [-0.1, -0.05) is 0 Å². The molecule has 6 nitrogen and oxygen atoms in total. The Kier molecular flexibility index (Phi) is 2.98. The molecule has 0 aliphatic heterocycles. The zero-order valence-electron chi connectivity index (χ0n) is 11.3. The summed E-state index contributed by atoms with van der Waals surface area (Å²) in [4.78, 5) is 25.3. The number of nitrogens with zero attached hydrogens (tertiary/aromatic N) is 2. The maximum Gasteiger partial charge on any atom is 0.323 e. The van der Waals surface area contributed by atoms with Crippen molar-refractivity contribution in [3.05, 3.63) is 52.5 Å². The molecule has 0 fully saturated rings. The maximum atomic E-state index is 11.2. The van der Waals surface area contributed by atoms with Crippen molar-refractivity contribution in [3.8, 4) is 0 Å². The SMILES string of the molecule is Cc1nccnc1C(C)Nc1ccc2[nH]c(=O)[nH]c2c1. The largest absolute Gasteiger partial charge is 0.377 e. The molecule has 1 aromatic carbocycles. The highest BCUT2D eigenvalue weighted by Crippen LogP contribution is 2.21. The first kappa shape index (κ1) is 12.4. The second-order valence-corrected chi connectivity index (χ2v) is 4.73. The van der Waals surface area contributed by atoms with E-state index in [1.54, 1.807) is 12.4 Å². The molecule has 3 N–H and O–H groups in total. The molecule has 102 valence electrons. The van der Waals surface area contributed by atoms with E-state index in [4.69, 9.17) is 0 Å². The van der Waals surface area contributed by atoms with E-state index >= 15 is 0 Å². The lowest BCUT2D eigenvalue weighted by Crippen LogP contribution is -2.10. The third-order valence-corrected chi connectivity index (χ3v) is 3.23. The lowest BCUT2D eigenvalue weighted by atomic mass is 10.1. The number of H-pyrrole nitrogens is 2. The third kappa shape index (κ3) is 2.27. The van der Waals surface area contributed by atoms with Crippen LogP contribution in [0.25, 0.3) is 11.0 Å². The van der Waals surface area contributed by atoms with E-state index in [1.165, 1.54) is 0 Å². The summed E-state index contributed by atoms with van der Waals surface area (Å²) in [6.07, 6.45) is 3.37. The summed E-state index contributed by atoms with van der Waals surface area (Å²) in [6.45, 7) is 3.97. The molecule has 2 heterocycles. The molecule has 0 saturated heterocycles. The van der Waals surface area contributed by atoms with Crippen LogP contribution in [0.5, 0.6) is 0 Å². The smallest absolute Gasteiger partial charge is 0.323 e. The van der Waals surface area contributed by atoms with Crippen molar-refractivity contribution >= 4 is 16.7 Å². The molecule has 0 aliphatic carbocycles. The van der Waals surface area contributed by atoms with Crippen LogP contribution >= 0.6 is 0 Å². The summed E-state index contributed by atoms with van der Waals surface area (Å²) in [5, 5.41) is 3.36. The van der Waals surface area contributed by atoms with Gasteiger partial charge in [-0.3, -0.25) is 9.97 Å². The van der Waals surface area contributed by atoms with E-state index in [-0.39, 0.29) is 11.7 Å². The fourth-order valence-corrected chi connectivity index (χ4v) is 2.28. The van der Waals surface area contributed by atoms with E-state index in [0.29, 0.717) is 0 Å². The van der Waals surface area contributed by atoms with Crippen LogP contribution in [0.3, 0.4) is 0 Å². The van der Waals surface area contributed by atoms with Gasteiger partial charge in [-0.05, 0) is 32.0 Å². The van der Waals surface area contributed by atoms with Crippen molar-refractivity contribution in [2.45, 2.75) is 19.9 Å². The molecule has 0 saturated carbocycles. The molecule has 1 unspecified atom stereocenters. The molecule has 0 radical (unpaired) electrons. The first-order valence-electron chi connectivity index (χ1n) is 6.39. The lowest BCUT2D eigenvalue weighted by molar-refractivity contribution is 0.810. The Bertz CT molecular complexity index is 804. The van der Waals surface area contributed by atoms with Crippen LogP contribution < -0.4 is 11.0 Å². The van der Waals surface area contributed by atoms with Crippen LogP contribution in [0.4, 0.5) is 5.69 Å². The number of aromatic nitrogens is 4. The van der Waals surface area contributed by atoms with Crippen LogP contribution in [-0.2, 0) is 0 Å². The zero-order chi connectivity index (χ0) is 14.1. The second kappa shape index (κ2) is 4.80. The Morgan fingerprint density at radius 1 is 1.15 bits per heavy atom. The molecule has 3 rings (SSSR count). The summed E-state index contributed by atoms with van der Waals surface area (Å²) in [7, 11) is 0. The van der Waals surface area contributed by atoms with Gasteiger partial charge in [-0.25, -0.2) is 4.79 Å². The van der Waals surface area contributed by atoms with E-state index in [1.807, 2.05) is 32.0 Å². The first-order valence-corrected chi connectivity index (χ1v) is 6.39. The van der Waals surface area contributed by atoms with Crippen molar-refractivity contribution in [3.63, 3.8) is 0 Å². The van der Waals surface area contributed by atoms with Gasteiger partial charge in [0, 0.05) is 18.1 Å². The standard InChI is InChI=1S/C14H15N5O/c1-8-13(16-6-5-15-8)9(2)17-10-3-4-11-12(7-10)19-14(20)18-11/h3-7,9,17H,1-2H3,(H2,18,19,20). The lowest BCUT2D eigenvalue weighted by Gasteiger charge is -2.16. The minimum atomic E-state index is -0.199. The molecular formula is C14H15N5O. The van der Waals surface area contributed by atoms with Crippen molar-refractivity contribution in [2.24, 2.45) is 0 Å². The highest BCUT2D eigenvalue weighted by atomic mass is 16.1. The Morgan fingerprint density at radius 2 is 1.90 bits per heavy atom. The van der Waals surface area contributed by atoms with Gasteiger partial charge in [0.05, 0.1) is 28.5 Å². The Balaban J connectivity index is 1.89. The number of aromatic amines is 2. The van der Waals surface area contributed by atoms with Gasteiger partial charge < -0.3 is 15.3 Å². The van der Waals surface area contributed by atoms with Gasteiger partial charge in [0.15, 0.2) is 0 Å². The number of fused-ring (bicyclic) bond motifs is 1. The molecule has 0 aliphatic rings. The molecule has 2 aromatic heterocycles. The number of hydrogen-bond acceptors (Lipinski definition) is 4. The van der Waals surface area contributed by atoms with Crippen LogP contribution in [0.15, 0.2) is 35.4 Å². The topological polar surface area (TPSA) is 86.5 Å². The first-order chi connectivity index (χ1) is 9.63. The third-order valence-electron chi connectivity index (χ3n) is 3.23. The van der Waals surface area contributed by atoms with Crippen LogP contribution in [0.1, 0.15) is 24.4 Å². The van der Waals surface area contributed by atoms with E-state index < -0.39 is 0 Å². The summed E-state index contributed by atoms with van der Waals surface area (Å²) in [5.74, 6) is 0. The molecule has 1 atom stereocenters. The monoisotopic (exact) mass is 269 g/mol. The minimum Gasteiger partial charge on any atom is -0.377 e. The Hall–Kier alpha value is -2.63. The fourth-order valence-electron chi connectivity index (χ4n) is 2.28. The highest BCUT2D eigenvalue weighted by molar-refractivity contribution is 5.78. The van der Waals surface area contributed by atoms with Gasteiger partial charge in [-0.2, -0.15) is 0 Å². The molecule has 0 spiro atoms. The van der Waals surface area contributed by atoms with Crippen LogP contribution in [0.2, 0.25) is 0 Å². The average Bonchev–Trinajstić information content (AvgIpc) is 2.78. The number of imidazole rings is 1. The van der Waals surface area contributed by atoms with Crippen molar-refractivity contribution in [1.82, 2.24) is 19.9 Å². The van der Waals surface area contributed by atoms with Crippen molar-refractivity contribution < 1.29 is 0 Å². The minimum absolute atomic E-state index is 0.0341. The molecule has 3 aromatic rings. The molecule has 20 heavy (non-hydrogen) atoms. The summed E-state index contributed by atoms with van der Waals surface area (Å²) in [5.41, 5.74) is 4.12. The van der Waals surface area contributed by atoms with Gasteiger partial charge in [0.25, 0.3) is 0 Å². The van der Waals surface area contributed by atoms with Gasteiger partial charge >= 0.3 is 5.69 Å². The summed E-state index contributed by atoms with van der Waals surface area (Å²) >= 11 is 0. The van der Waals surface area contributed by atoms with Gasteiger partial charge in [-0.15, -0.1) is 0 Å². The fraction of sp³-hybridized carbons (Fsp3) is 0.214.